The molecule has 43 heavy (non-hydrogen) atoms. The Bertz CT molecular complexity index is 1390. The lowest BCUT2D eigenvalue weighted by Crippen LogP contribution is -2.47. The van der Waals surface area contributed by atoms with Gasteiger partial charge in [-0.15, -0.1) is 0 Å². The Hall–Kier alpha value is -1.97. The summed E-state index contributed by atoms with van der Waals surface area (Å²) in [7, 11) is 0. The first-order chi connectivity index (χ1) is 20.8. The number of hydrogen-bond acceptors (Lipinski definition) is 4. The highest BCUT2D eigenvalue weighted by atomic mass is 79.9. The lowest BCUT2D eigenvalue weighted by atomic mass is 9.76. The first-order valence-corrected chi connectivity index (χ1v) is 17.7. The van der Waals surface area contributed by atoms with E-state index in [9.17, 15) is 14.4 Å². The minimum atomic E-state index is 0.0412. The number of pyridine rings is 1. The van der Waals surface area contributed by atoms with Gasteiger partial charge in [0.05, 0.1) is 12.2 Å². The maximum Gasteiger partial charge on any atom is 0.242 e. The number of fused-ring (bicyclic) bond motifs is 2. The van der Waals surface area contributed by atoms with Crippen LogP contribution in [0.15, 0.2) is 33.3 Å². The van der Waals surface area contributed by atoms with Gasteiger partial charge < -0.3 is 14.7 Å². The molecule has 1 atom stereocenters. The summed E-state index contributed by atoms with van der Waals surface area (Å²) in [6.07, 6.45) is 10.3. The topological polar surface area (TPSA) is 73.8 Å². The lowest BCUT2D eigenvalue weighted by Gasteiger charge is -2.38. The van der Waals surface area contributed by atoms with Gasteiger partial charge in [0.1, 0.15) is 0 Å². The van der Waals surface area contributed by atoms with Crippen LogP contribution in [-0.4, -0.2) is 76.7 Å². The van der Waals surface area contributed by atoms with E-state index in [4.69, 9.17) is 16.6 Å². The van der Waals surface area contributed by atoms with Crippen molar-refractivity contribution in [2.75, 3.05) is 39.3 Å². The molecule has 230 valence electrons. The Morgan fingerprint density at radius 2 is 1.56 bits per heavy atom. The molecular weight excluding hydrogens is 696 g/mol. The van der Waals surface area contributed by atoms with Crippen molar-refractivity contribution in [2.24, 2.45) is 11.8 Å². The molecule has 2 aromatic rings. The Balaban J connectivity index is 1.05. The third-order valence-corrected chi connectivity index (χ3v) is 11.3. The molecule has 0 unspecified atom stereocenters. The number of aromatic nitrogens is 1. The maximum absolute atomic E-state index is 13.4. The van der Waals surface area contributed by atoms with Crippen LogP contribution >= 0.6 is 43.5 Å². The van der Waals surface area contributed by atoms with Gasteiger partial charge >= 0.3 is 0 Å². The highest BCUT2D eigenvalue weighted by Gasteiger charge is 2.37. The molecule has 0 bridgehead atoms. The van der Waals surface area contributed by atoms with Gasteiger partial charge in [-0.2, -0.15) is 0 Å². The molecule has 3 aliphatic heterocycles. The van der Waals surface area contributed by atoms with E-state index in [1.807, 2.05) is 17.2 Å². The summed E-state index contributed by atoms with van der Waals surface area (Å²) in [5.74, 6) is 1.21. The predicted octanol–water partition coefficient (Wildman–Crippen LogP) is 6.37. The van der Waals surface area contributed by atoms with Crippen molar-refractivity contribution in [2.45, 2.75) is 70.1 Å². The van der Waals surface area contributed by atoms with Crippen molar-refractivity contribution < 1.29 is 14.4 Å². The van der Waals surface area contributed by atoms with Gasteiger partial charge in [0, 0.05) is 71.6 Å². The molecule has 0 spiro atoms. The molecule has 0 N–H and O–H groups in total. The van der Waals surface area contributed by atoms with Crippen LogP contribution in [0.1, 0.15) is 79.7 Å². The second-order valence-corrected chi connectivity index (χ2v) is 14.9. The number of piperidine rings is 3. The summed E-state index contributed by atoms with van der Waals surface area (Å²) in [4.78, 5) is 48.9. The number of nitrogens with zero attached hydrogens (tertiary/aromatic N) is 4. The number of likely N-dealkylation sites (tertiary alicyclic amines) is 3. The van der Waals surface area contributed by atoms with Crippen molar-refractivity contribution in [1.82, 2.24) is 19.7 Å². The molecule has 0 radical (unpaired) electrons. The Labute approximate surface area is 276 Å². The molecular formula is C33H39Br2ClN4O3. The summed E-state index contributed by atoms with van der Waals surface area (Å²) in [5, 5.41) is 0.747. The van der Waals surface area contributed by atoms with Crippen LogP contribution in [0, 0.1) is 11.8 Å². The Morgan fingerprint density at radius 1 is 0.860 bits per heavy atom. The molecule has 7 nitrogen and oxygen atoms in total. The molecule has 3 saturated heterocycles. The molecule has 6 rings (SSSR count). The van der Waals surface area contributed by atoms with Crippen LogP contribution in [-0.2, 0) is 27.2 Å². The molecule has 0 saturated carbocycles. The van der Waals surface area contributed by atoms with E-state index in [0.29, 0.717) is 44.3 Å². The molecule has 4 heterocycles. The second-order valence-electron chi connectivity index (χ2n) is 12.7. The first-order valence-electron chi connectivity index (χ1n) is 15.7. The summed E-state index contributed by atoms with van der Waals surface area (Å²) >= 11 is 13.9. The van der Waals surface area contributed by atoms with Crippen LogP contribution < -0.4 is 0 Å². The minimum absolute atomic E-state index is 0.0412. The standard InChI is InChI=1S/C33H39Br2ClN4O3/c34-25-16-24-5-4-23-17-26(36)18-27(35)31(23)32(33(24)37-19-25)22-8-13-38(14-9-22)29(42)15-21-6-11-39(12-7-21)30(43)20-40-10-2-1-3-28(40)41/h16-19,21-22,32H,1-15,20H2/t32-/m1/s1. The highest BCUT2D eigenvalue weighted by Crippen LogP contribution is 2.46. The van der Waals surface area contributed by atoms with Crippen molar-refractivity contribution in [3.8, 4) is 0 Å². The smallest absolute Gasteiger partial charge is 0.242 e. The fraction of sp³-hybridized carbons (Fsp3) is 0.576. The van der Waals surface area contributed by atoms with Gasteiger partial charge in [-0.25, -0.2) is 0 Å². The predicted molar refractivity (Wildman–Crippen MR) is 174 cm³/mol. The summed E-state index contributed by atoms with van der Waals surface area (Å²) < 4.78 is 2.05. The molecule has 3 amide bonds. The summed E-state index contributed by atoms with van der Waals surface area (Å²) in [5.41, 5.74) is 5.02. The second kappa shape index (κ2) is 13.6. The summed E-state index contributed by atoms with van der Waals surface area (Å²) in [6.45, 7) is 3.74. The Kier molecular flexibility index (Phi) is 9.79. The molecule has 1 aromatic carbocycles. The fourth-order valence-electron chi connectivity index (χ4n) is 7.57. The van der Waals surface area contributed by atoms with E-state index >= 15 is 0 Å². The van der Waals surface area contributed by atoms with Gasteiger partial charge in [0.15, 0.2) is 0 Å². The molecule has 10 heteroatoms. The van der Waals surface area contributed by atoms with Gasteiger partial charge in [0.2, 0.25) is 17.7 Å². The third-order valence-electron chi connectivity index (χ3n) is 9.96. The molecule has 1 aliphatic carbocycles. The van der Waals surface area contributed by atoms with Gasteiger partial charge in [-0.3, -0.25) is 19.4 Å². The number of aryl methyl sites for hydroxylation is 2. The third kappa shape index (κ3) is 6.99. The zero-order chi connectivity index (χ0) is 30.1. The normalized spacial score (nSPS) is 21.8. The number of benzene rings is 1. The number of halogens is 3. The minimum Gasteiger partial charge on any atom is -0.343 e. The van der Waals surface area contributed by atoms with E-state index in [1.54, 1.807) is 4.90 Å². The largest absolute Gasteiger partial charge is 0.343 e. The number of hydrogen-bond donors (Lipinski definition) is 0. The monoisotopic (exact) mass is 732 g/mol. The molecule has 3 fully saturated rings. The van der Waals surface area contributed by atoms with Crippen LogP contribution in [0.4, 0.5) is 0 Å². The van der Waals surface area contributed by atoms with Crippen molar-refractivity contribution >= 4 is 61.2 Å². The number of rotatable bonds is 5. The van der Waals surface area contributed by atoms with Gasteiger partial charge in [-0.1, -0.05) is 27.5 Å². The van der Waals surface area contributed by atoms with Crippen molar-refractivity contribution in [1.29, 1.82) is 0 Å². The first kappa shape index (κ1) is 31.0. The average Bonchev–Trinajstić information content (AvgIpc) is 3.15. The fourth-order valence-corrected chi connectivity index (χ4v) is 9.07. The number of carbonyl (C=O) groups excluding carboxylic acids is 3. The van der Waals surface area contributed by atoms with E-state index in [2.05, 4.69) is 48.9 Å². The maximum atomic E-state index is 13.4. The molecule has 4 aliphatic rings. The average molecular weight is 735 g/mol. The van der Waals surface area contributed by atoms with E-state index in [0.717, 1.165) is 84.1 Å². The van der Waals surface area contributed by atoms with Crippen LogP contribution in [0.3, 0.4) is 0 Å². The SMILES string of the molecule is O=C(CC1CCN(C(=O)CN2CCCCC2=O)CC1)N1CCC([C@H]2c3ncc(Br)cc3CCc3cc(Cl)cc(Br)c32)CC1. The highest BCUT2D eigenvalue weighted by molar-refractivity contribution is 9.10. The van der Waals surface area contributed by atoms with Gasteiger partial charge in [0.25, 0.3) is 0 Å². The quantitative estimate of drug-likeness (QED) is 0.358. The van der Waals surface area contributed by atoms with Crippen LogP contribution in [0.2, 0.25) is 5.02 Å². The Morgan fingerprint density at radius 3 is 2.30 bits per heavy atom. The zero-order valence-electron chi connectivity index (χ0n) is 24.5. The lowest BCUT2D eigenvalue weighted by molar-refractivity contribution is -0.143. The van der Waals surface area contributed by atoms with E-state index in [1.165, 1.54) is 16.7 Å². The number of amides is 3. The van der Waals surface area contributed by atoms with Crippen molar-refractivity contribution in [3.05, 3.63) is 60.7 Å². The van der Waals surface area contributed by atoms with Gasteiger partial charge in [-0.05, 0) is 114 Å². The van der Waals surface area contributed by atoms with Crippen LogP contribution in [0.25, 0.3) is 0 Å². The molecule has 1 aromatic heterocycles. The van der Waals surface area contributed by atoms with E-state index < -0.39 is 0 Å². The van der Waals surface area contributed by atoms with E-state index in [-0.39, 0.29) is 30.2 Å². The number of carbonyl (C=O) groups is 3. The zero-order valence-corrected chi connectivity index (χ0v) is 28.4. The van der Waals surface area contributed by atoms with Crippen LogP contribution in [0.5, 0.6) is 0 Å². The van der Waals surface area contributed by atoms with Crippen molar-refractivity contribution in [3.63, 3.8) is 0 Å². The summed E-state index contributed by atoms with van der Waals surface area (Å²) in [6, 6.07) is 6.32.